The van der Waals surface area contributed by atoms with E-state index >= 15 is 0 Å². The highest BCUT2D eigenvalue weighted by Crippen LogP contribution is 2.38. The van der Waals surface area contributed by atoms with Crippen LogP contribution in [-0.4, -0.2) is 41.2 Å². The second-order valence-corrected chi connectivity index (χ2v) is 7.77. The number of carbonyl (C=O) groups excluding carboxylic acids is 4. The van der Waals surface area contributed by atoms with Gasteiger partial charge in [-0.1, -0.05) is 30.5 Å². The van der Waals surface area contributed by atoms with E-state index in [0.29, 0.717) is 23.6 Å². The maximum Gasteiger partial charge on any atom is 0.329 e. The van der Waals surface area contributed by atoms with E-state index in [2.05, 4.69) is 5.32 Å². The quantitative estimate of drug-likeness (QED) is 0.599. The lowest BCUT2D eigenvalue weighted by Gasteiger charge is -2.21. The van der Waals surface area contributed by atoms with Gasteiger partial charge in [0.25, 0.3) is 5.91 Å². The van der Waals surface area contributed by atoms with E-state index in [0.717, 1.165) is 23.3 Å². The normalized spacial score (nSPS) is 22.6. The highest BCUT2D eigenvalue weighted by atomic mass is 35.5. The summed E-state index contributed by atoms with van der Waals surface area (Å²) in [7, 11) is 0. The molecule has 3 rings (SSSR count). The second-order valence-electron chi connectivity index (χ2n) is 7.36. The smallest absolute Gasteiger partial charge is 0.329 e. The first kappa shape index (κ1) is 20.3. The number of carbonyl (C=O) groups is 4. The maximum atomic E-state index is 12.5. The molecule has 3 amide bonds. The van der Waals surface area contributed by atoms with Gasteiger partial charge in [-0.3, -0.25) is 19.3 Å². The number of hydrogen-bond acceptors (Lipinski definition) is 5. The Labute approximate surface area is 168 Å². The third-order valence-corrected chi connectivity index (χ3v) is 5.66. The van der Waals surface area contributed by atoms with Crippen LogP contribution in [0.15, 0.2) is 18.2 Å². The van der Waals surface area contributed by atoms with E-state index in [1.807, 2.05) is 6.92 Å². The molecule has 28 heavy (non-hydrogen) atoms. The van der Waals surface area contributed by atoms with Gasteiger partial charge in [-0.15, -0.1) is 0 Å². The number of benzene rings is 1. The van der Waals surface area contributed by atoms with Crippen LogP contribution in [-0.2, 0) is 23.9 Å². The molecular formula is C20H23ClN2O5. The average molecular weight is 407 g/mol. The number of fused-ring (bicyclic) bond motifs is 1. The number of hydrogen-bond donors (Lipinski definition) is 1. The molecule has 1 aliphatic heterocycles. The zero-order chi connectivity index (χ0) is 20.4. The van der Waals surface area contributed by atoms with Crippen molar-refractivity contribution < 1.29 is 23.9 Å². The van der Waals surface area contributed by atoms with Crippen molar-refractivity contribution in [3.63, 3.8) is 0 Å². The maximum absolute atomic E-state index is 12.5. The zero-order valence-electron chi connectivity index (χ0n) is 15.9. The van der Waals surface area contributed by atoms with Gasteiger partial charge in [-0.2, -0.15) is 0 Å². The number of anilines is 1. The van der Waals surface area contributed by atoms with Crippen LogP contribution in [0.3, 0.4) is 0 Å². The fourth-order valence-corrected chi connectivity index (χ4v) is 4.12. The van der Waals surface area contributed by atoms with Gasteiger partial charge in [0.05, 0.1) is 22.5 Å². The largest absolute Gasteiger partial charge is 0.454 e. The first-order valence-corrected chi connectivity index (χ1v) is 9.77. The first-order chi connectivity index (χ1) is 13.3. The molecule has 150 valence electrons. The van der Waals surface area contributed by atoms with Crippen LogP contribution in [0.2, 0.25) is 5.02 Å². The van der Waals surface area contributed by atoms with Crippen molar-refractivity contribution in [2.45, 2.75) is 45.6 Å². The lowest BCUT2D eigenvalue weighted by Crippen LogP contribution is -2.45. The summed E-state index contributed by atoms with van der Waals surface area (Å²) < 4.78 is 5.02. The minimum atomic E-state index is -1.05. The van der Waals surface area contributed by atoms with E-state index in [-0.39, 0.29) is 23.7 Å². The van der Waals surface area contributed by atoms with Crippen molar-refractivity contribution in [3.8, 4) is 0 Å². The second kappa shape index (κ2) is 8.31. The number of nitrogens with one attached hydrogen (secondary N) is 1. The molecule has 2 aliphatic rings. The summed E-state index contributed by atoms with van der Waals surface area (Å²) in [6.45, 7) is 2.79. The van der Waals surface area contributed by atoms with Crippen molar-refractivity contribution in [3.05, 3.63) is 28.8 Å². The van der Waals surface area contributed by atoms with Crippen molar-refractivity contribution in [1.82, 2.24) is 4.90 Å². The monoisotopic (exact) mass is 406 g/mol. The number of ether oxygens (including phenoxy) is 1. The van der Waals surface area contributed by atoms with E-state index in [9.17, 15) is 19.2 Å². The third kappa shape index (κ3) is 4.04. The van der Waals surface area contributed by atoms with Gasteiger partial charge in [-0.25, -0.2) is 4.79 Å². The van der Waals surface area contributed by atoms with Gasteiger partial charge in [0.2, 0.25) is 11.8 Å². The Hall–Kier alpha value is -2.41. The van der Waals surface area contributed by atoms with Gasteiger partial charge >= 0.3 is 5.97 Å². The van der Waals surface area contributed by atoms with Crippen molar-refractivity contribution in [1.29, 1.82) is 0 Å². The lowest BCUT2D eigenvalue weighted by atomic mass is 9.81. The topological polar surface area (TPSA) is 92.8 Å². The molecule has 1 N–H and O–H groups in total. The van der Waals surface area contributed by atoms with Crippen molar-refractivity contribution >= 4 is 41.0 Å². The molecule has 1 saturated carbocycles. The highest BCUT2D eigenvalue weighted by Gasteiger charge is 2.51. The Balaban J connectivity index is 1.56. The third-order valence-electron chi connectivity index (χ3n) is 5.35. The molecule has 3 atom stereocenters. The number of halogens is 1. The molecule has 1 aliphatic carbocycles. The number of rotatable bonds is 5. The predicted octanol–water partition coefficient (Wildman–Crippen LogP) is 2.69. The van der Waals surface area contributed by atoms with E-state index in [1.165, 1.54) is 6.92 Å². The number of likely N-dealkylation sites (tertiary alicyclic amines) is 1. The molecule has 8 heteroatoms. The van der Waals surface area contributed by atoms with E-state index in [1.54, 1.807) is 18.2 Å². The van der Waals surface area contributed by atoms with Crippen LogP contribution >= 0.6 is 11.6 Å². The van der Waals surface area contributed by atoms with Crippen LogP contribution in [0.25, 0.3) is 0 Å². The Morgan fingerprint density at radius 1 is 1.21 bits per heavy atom. The summed E-state index contributed by atoms with van der Waals surface area (Å²) in [5.74, 6) is -2.62. The van der Waals surface area contributed by atoms with Crippen LogP contribution in [0.5, 0.6) is 0 Å². The fourth-order valence-electron chi connectivity index (χ4n) is 3.84. The molecule has 2 unspecified atom stereocenters. The zero-order valence-corrected chi connectivity index (χ0v) is 16.6. The van der Waals surface area contributed by atoms with Crippen molar-refractivity contribution in [2.75, 3.05) is 11.9 Å². The molecule has 7 nitrogen and oxygen atoms in total. The van der Waals surface area contributed by atoms with E-state index in [4.69, 9.17) is 16.3 Å². The molecule has 0 spiro atoms. The SMILES string of the molecule is Cc1ccc(NC(=O)COC(=O)[C@H](C)N2C(=O)C3CCCCC3C2=O)c(Cl)c1. The minimum Gasteiger partial charge on any atom is -0.454 e. The minimum absolute atomic E-state index is 0.310. The van der Waals surface area contributed by atoms with Gasteiger partial charge in [-0.05, 0) is 44.4 Å². The number of esters is 1. The molecular weight excluding hydrogens is 384 g/mol. The molecule has 1 saturated heterocycles. The van der Waals surface area contributed by atoms with Crippen LogP contribution in [0, 0.1) is 18.8 Å². The summed E-state index contributed by atoms with van der Waals surface area (Å²) in [5.41, 5.74) is 1.36. The molecule has 1 aromatic rings. The van der Waals surface area contributed by atoms with Crippen LogP contribution < -0.4 is 5.32 Å². The molecule has 0 radical (unpaired) electrons. The molecule has 0 aromatic heterocycles. The Kier molecular flexibility index (Phi) is 6.03. The summed E-state index contributed by atoms with van der Waals surface area (Å²) in [6.07, 6.45) is 3.17. The molecule has 1 aromatic carbocycles. The number of nitrogens with zero attached hydrogens (tertiary/aromatic N) is 1. The Bertz CT molecular complexity index is 801. The van der Waals surface area contributed by atoms with Crippen LogP contribution in [0.1, 0.15) is 38.2 Å². The number of amides is 3. The number of imide groups is 1. The lowest BCUT2D eigenvalue weighted by molar-refractivity contribution is -0.159. The number of aryl methyl sites for hydroxylation is 1. The predicted molar refractivity (Wildman–Crippen MR) is 103 cm³/mol. The molecule has 2 fully saturated rings. The summed E-state index contributed by atoms with van der Waals surface area (Å²) in [4.78, 5) is 50.5. The van der Waals surface area contributed by atoms with Gasteiger partial charge in [0, 0.05) is 0 Å². The average Bonchev–Trinajstić information content (AvgIpc) is 2.92. The Morgan fingerprint density at radius 2 is 1.82 bits per heavy atom. The first-order valence-electron chi connectivity index (χ1n) is 9.39. The Morgan fingerprint density at radius 3 is 2.39 bits per heavy atom. The van der Waals surface area contributed by atoms with Gasteiger partial charge in [0.15, 0.2) is 6.61 Å². The molecule has 0 bridgehead atoms. The van der Waals surface area contributed by atoms with Crippen LogP contribution in [0.4, 0.5) is 5.69 Å². The van der Waals surface area contributed by atoms with Gasteiger partial charge < -0.3 is 10.1 Å². The summed E-state index contributed by atoms with van der Waals surface area (Å²) in [6, 6.07) is 4.10. The standard InChI is InChI=1S/C20H23ClN2O5/c1-11-7-8-16(15(21)9-11)22-17(24)10-28-20(27)12(2)23-18(25)13-5-3-4-6-14(13)19(23)26/h7-9,12-14H,3-6,10H2,1-2H3,(H,22,24)/t12-,13?,14?/m0/s1. The van der Waals surface area contributed by atoms with E-state index < -0.39 is 24.5 Å². The summed E-state index contributed by atoms with van der Waals surface area (Å²) >= 11 is 6.06. The summed E-state index contributed by atoms with van der Waals surface area (Å²) in [5, 5.41) is 2.94. The fraction of sp³-hybridized carbons (Fsp3) is 0.500. The highest BCUT2D eigenvalue weighted by molar-refractivity contribution is 6.33. The van der Waals surface area contributed by atoms with Gasteiger partial charge in [0.1, 0.15) is 6.04 Å². The molecule has 1 heterocycles. The van der Waals surface area contributed by atoms with Crippen molar-refractivity contribution in [2.24, 2.45) is 11.8 Å².